The first-order valence-corrected chi connectivity index (χ1v) is 8.77. The zero-order valence-electron chi connectivity index (χ0n) is 14.8. The van der Waals surface area contributed by atoms with Gasteiger partial charge in [-0.3, -0.25) is 13.8 Å². The first-order chi connectivity index (χ1) is 13.3. The number of rotatable bonds is 3. The summed E-state index contributed by atoms with van der Waals surface area (Å²) in [5.41, 5.74) is 3.49. The lowest BCUT2D eigenvalue weighted by Crippen LogP contribution is -2.22. The van der Waals surface area contributed by atoms with E-state index in [0.29, 0.717) is 11.9 Å². The van der Waals surface area contributed by atoms with Crippen LogP contribution in [-0.2, 0) is 6.54 Å². The Morgan fingerprint density at radius 2 is 1.67 bits per heavy atom. The quantitative estimate of drug-likeness (QED) is 0.494. The second kappa shape index (κ2) is 5.99. The molecule has 132 valence electrons. The monoisotopic (exact) mass is 355 g/mol. The van der Waals surface area contributed by atoms with Crippen LogP contribution in [0.5, 0.6) is 5.75 Å². The summed E-state index contributed by atoms with van der Waals surface area (Å²) in [7, 11) is 1.64. The molecule has 0 radical (unpaired) electrons. The van der Waals surface area contributed by atoms with E-state index >= 15 is 0 Å². The van der Waals surface area contributed by atoms with Crippen LogP contribution < -0.4 is 10.3 Å². The van der Waals surface area contributed by atoms with Crippen LogP contribution in [0.1, 0.15) is 5.56 Å². The molecule has 5 aromatic rings. The summed E-state index contributed by atoms with van der Waals surface area (Å²) in [6.07, 6.45) is 1.95. The van der Waals surface area contributed by atoms with Gasteiger partial charge in [-0.25, -0.2) is 4.98 Å². The summed E-state index contributed by atoms with van der Waals surface area (Å²) in [5, 5.41) is 1.56. The van der Waals surface area contributed by atoms with E-state index in [1.807, 2.05) is 77.3 Å². The number of ether oxygens (including phenoxy) is 1. The van der Waals surface area contributed by atoms with Crippen molar-refractivity contribution in [2.24, 2.45) is 0 Å². The van der Waals surface area contributed by atoms with E-state index < -0.39 is 0 Å². The highest BCUT2D eigenvalue weighted by atomic mass is 16.5. The number of imidazole rings is 1. The highest BCUT2D eigenvalue weighted by Crippen LogP contribution is 2.24. The van der Waals surface area contributed by atoms with Crippen molar-refractivity contribution in [3.8, 4) is 5.75 Å². The molecular weight excluding hydrogens is 338 g/mol. The molecule has 0 aliphatic carbocycles. The fourth-order valence-corrected chi connectivity index (χ4v) is 3.60. The van der Waals surface area contributed by atoms with Crippen LogP contribution in [0.3, 0.4) is 0 Å². The molecule has 0 bridgehead atoms. The summed E-state index contributed by atoms with van der Waals surface area (Å²) in [5.74, 6) is 0.796. The largest absolute Gasteiger partial charge is 0.497 e. The minimum Gasteiger partial charge on any atom is -0.497 e. The lowest BCUT2D eigenvalue weighted by molar-refractivity contribution is 0.414. The van der Waals surface area contributed by atoms with Gasteiger partial charge in [0.05, 0.1) is 13.7 Å². The van der Waals surface area contributed by atoms with Crippen LogP contribution in [0.15, 0.2) is 77.7 Å². The summed E-state index contributed by atoms with van der Waals surface area (Å²) in [6.45, 7) is 0.465. The number of nitrogens with zero attached hydrogens (tertiary/aromatic N) is 3. The van der Waals surface area contributed by atoms with E-state index in [2.05, 4.69) is 0 Å². The lowest BCUT2D eigenvalue weighted by Gasteiger charge is -2.11. The molecule has 0 amide bonds. The molecule has 27 heavy (non-hydrogen) atoms. The molecule has 0 atom stereocenters. The standard InChI is InChI=1S/C22H17N3O2/c1-27-16-11-9-15(10-12-16)14-25-21-20(23-19-8-4-5-13-24(19)21)17-6-2-3-7-18(17)22(25)26/h2-13H,14H2,1H3. The maximum atomic E-state index is 13.3. The Bertz CT molecular complexity index is 1350. The van der Waals surface area contributed by atoms with Crippen LogP contribution in [0.4, 0.5) is 0 Å². The number of fused-ring (bicyclic) bond motifs is 5. The van der Waals surface area contributed by atoms with E-state index in [1.54, 1.807) is 11.7 Å². The Balaban J connectivity index is 1.85. The molecule has 0 saturated heterocycles. The number of hydrogen-bond donors (Lipinski definition) is 0. The Kier molecular flexibility index (Phi) is 3.47. The zero-order chi connectivity index (χ0) is 18.4. The van der Waals surface area contributed by atoms with Crippen molar-refractivity contribution in [1.29, 1.82) is 0 Å². The maximum Gasteiger partial charge on any atom is 0.260 e. The molecule has 3 aromatic heterocycles. The number of hydrogen-bond acceptors (Lipinski definition) is 3. The van der Waals surface area contributed by atoms with Crippen molar-refractivity contribution in [1.82, 2.24) is 14.0 Å². The molecule has 0 aliphatic heterocycles. The predicted molar refractivity (Wildman–Crippen MR) is 107 cm³/mol. The lowest BCUT2D eigenvalue weighted by atomic mass is 10.1. The van der Waals surface area contributed by atoms with E-state index in [0.717, 1.165) is 33.5 Å². The molecule has 3 heterocycles. The molecule has 0 aliphatic rings. The van der Waals surface area contributed by atoms with Gasteiger partial charge in [-0.2, -0.15) is 0 Å². The average molecular weight is 355 g/mol. The Morgan fingerprint density at radius 3 is 2.44 bits per heavy atom. The Hall–Kier alpha value is -3.60. The van der Waals surface area contributed by atoms with E-state index in [1.165, 1.54) is 0 Å². The van der Waals surface area contributed by atoms with Gasteiger partial charge in [0.2, 0.25) is 0 Å². The maximum absolute atomic E-state index is 13.3. The van der Waals surface area contributed by atoms with Crippen molar-refractivity contribution in [3.63, 3.8) is 0 Å². The average Bonchev–Trinajstić information content (AvgIpc) is 3.11. The molecule has 0 unspecified atom stereocenters. The third kappa shape index (κ3) is 2.39. The van der Waals surface area contributed by atoms with Gasteiger partial charge in [0.25, 0.3) is 5.56 Å². The first kappa shape index (κ1) is 15.6. The summed E-state index contributed by atoms with van der Waals surface area (Å²) in [6, 6.07) is 21.3. The van der Waals surface area contributed by atoms with Crippen molar-refractivity contribution in [2.75, 3.05) is 7.11 Å². The third-order valence-corrected chi connectivity index (χ3v) is 4.92. The van der Waals surface area contributed by atoms with Gasteiger partial charge < -0.3 is 4.74 Å². The van der Waals surface area contributed by atoms with Gasteiger partial charge in [0.1, 0.15) is 22.6 Å². The predicted octanol–water partition coefficient (Wildman–Crippen LogP) is 3.86. The topological polar surface area (TPSA) is 48.5 Å². The SMILES string of the molecule is COc1ccc(Cn2c(=O)c3ccccc3c3nc4ccccn4c32)cc1. The van der Waals surface area contributed by atoms with Gasteiger partial charge in [0.15, 0.2) is 0 Å². The van der Waals surface area contributed by atoms with Crippen LogP contribution in [0.25, 0.3) is 27.6 Å². The Labute approximate surface area is 155 Å². The second-order valence-corrected chi connectivity index (χ2v) is 6.50. The number of benzene rings is 2. The van der Waals surface area contributed by atoms with Crippen molar-refractivity contribution >= 4 is 27.6 Å². The summed E-state index contributed by atoms with van der Waals surface area (Å²) >= 11 is 0. The number of aromatic nitrogens is 3. The molecule has 5 rings (SSSR count). The van der Waals surface area contributed by atoms with Gasteiger partial charge >= 0.3 is 0 Å². The van der Waals surface area contributed by atoms with Crippen molar-refractivity contribution in [2.45, 2.75) is 6.54 Å². The third-order valence-electron chi connectivity index (χ3n) is 4.92. The fourth-order valence-electron chi connectivity index (χ4n) is 3.60. The second-order valence-electron chi connectivity index (χ2n) is 6.50. The Morgan fingerprint density at radius 1 is 0.926 bits per heavy atom. The first-order valence-electron chi connectivity index (χ1n) is 8.77. The molecule has 0 saturated carbocycles. The molecular formula is C22H17N3O2. The normalized spacial score (nSPS) is 11.4. The van der Waals surface area contributed by atoms with Gasteiger partial charge in [-0.1, -0.05) is 36.4 Å². The van der Waals surface area contributed by atoms with Gasteiger partial charge in [0, 0.05) is 17.0 Å². The van der Waals surface area contributed by atoms with Gasteiger partial charge in [-0.05, 0) is 35.9 Å². The molecule has 5 nitrogen and oxygen atoms in total. The molecule has 0 N–H and O–H groups in total. The molecule has 2 aromatic carbocycles. The smallest absolute Gasteiger partial charge is 0.260 e. The highest BCUT2D eigenvalue weighted by molar-refractivity contribution is 6.03. The summed E-state index contributed by atoms with van der Waals surface area (Å²) < 4.78 is 9.02. The minimum absolute atomic E-state index is 0.0143. The van der Waals surface area contributed by atoms with Crippen LogP contribution >= 0.6 is 0 Å². The number of methoxy groups -OCH3 is 1. The van der Waals surface area contributed by atoms with Crippen LogP contribution in [0.2, 0.25) is 0 Å². The van der Waals surface area contributed by atoms with Gasteiger partial charge in [-0.15, -0.1) is 0 Å². The highest BCUT2D eigenvalue weighted by Gasteiger charge is 2.16. The van der Waals surface area contributed by atoms with E-state index in [9.17, 15) is 4.79 Å². The number of pyridine rings is 2. The fraction of sp³-hybridized carbons (Fsp3) is 0.0909. The molecule has 0 fully saturated rings. The van der Waals surface area contributed by atoms with E-state index in [4.69, 9.17) is 9.72 Å². The summed E-state index contributed by atoms with van der Waals surface area (Å²) in [4.78, 5) is 18.1. The molecule has 5 heteroatoms. The minimum atomic E-state index is -0.0143. The zero-order valence-corrected chi connectivity index (χ0v) is 14.8. The van der Waals surface area contributed by atoms with Crippen molar-refractivity contribution < 1.29 is 4.74 Å². The van der Waals surface area contributed by atoms with E-state index in [-0.39, 0.29) is 5.56 Å². The van der Waals surface area contributed by atoms with Crippen molar-refractivity contribution in [3.05, 3.63) is 88.8 Å². The van der Waals surface area contributed by atoms with Crippen LogP contribution in [0, 0.1) is 0 Å². The molecule has 0 spiro atoms. The van der Waals surface area contributed by atoms with Crippen LogP contribution in [-0.4, -0.2) is 21.1 Å².